The summed E-state index contributed by atoms with van der Waals surface area (Å²) in [5.74, 6) is -0.490. The standard InChI is InChI=1S/C25H19FN6O3/c1-35-24(34)31-12-25(13-31)19-4-5-27-10-21(19)32(23(25)33)11-20-22(16-7-28-14-29-8-16)18-3-2-17(26)6-15(18)9-30-20/h2-10,14H,11-13H2,1H3. The van der Waals surface area contributed by atoms with Crippen LogP contribution in [0.1, 0.15) is 11.3 Å². The fraction of sp³-hybridized carbons (Fsp3) is 0.200. The van der Waals surface area contributed by atoms with Crippen molar-refractivity contribution >= 4 is 28.5 Å². The van der Waals surface area contributed by atoms with Crippen LogP contribution >= 0.6 is 0 Å². The number of hydrogen-bond acceptors (Lipinski definition) is 7. The van der Waals surface area contributed by atoms with E-state index in [1.165, 1.54) is 30.5 Å². The van der Waals surface area contributed by atoms with E-state index in [1.54, 1.807) is 42.0 Å². The molecule has 0 radical (unpaired) electrons. The molecule has 1 aromatic carbocycles. The first-order valence-corrected chi connectivity index (χ1v) is 10.9. The van der Waals surface area contributed by atoms with Crippen molar-refractivity contribution in [1.82, 2.24) is 24.8 Å². The molecular weight excluding hydrogens is 451 g/mol. The highest BCUT2D eigenvalue weighted by atomic mass is 19.1. The number of benzene rings is 1. The molecule has 3 aromatic heterocycles. The second kappa shape index (κ2) is 7.79. The number of methoxy groups -OCH3 is 1. The van der Waals surface area contributed by atoms with Gasteiger partial charge in [0.1, 0.15) is 17.6 Å². The van der Waals surface area contributed by atoms with Crippen LogP contribution in [0.4, 0.5) is 14.9 Å². The summed E-state index contributed by atoms with van der Waals surface area (Å²) in [6.07, 6.45) is 9.20. The molecule has 174 valence electrons. The first kappa shape index (κ1) is 21.1. The van der Waals surface area contributed by atoms with Crippen LogP contribution < -0.4 is 4.90 Å². The largest absolute Gasteiger partial charge is 0.453 e. The molecule has 10 heteroatoms. The third kappa shape index (κ3) is 3.13. The van der Waals surface area contributed by atoms with Crippen molar-refractivity contribution in [3.05, 3.63) is 78.7 Å². The molecule has 0 bridgehead atoms. The summed E-state index contributed by atoms with van der Waals surface area (Å²) in [5, 5.41) is 1.41. The van der Waals surface area contributed by atoms with Crippen LogP contribution in [0.3, 0.4) is 0 Å². The Morgan fingerprint density at radius 1 is 1.11 bits per heavy atom. The van der Waals surface area contributed by atoms with Crippen LogP contribution in [0.15, 0.2) is 61.6 Å². The number of fused-ring (bicyclic) bond motifs is 3. The second-order valence-corrected chi connectivity index (χ2v) is 8.63. The zero-order valence-electron chi connectivity index (χ0n) is 18.7. The van der Waals surface area contributed by atoms with E-state index in [-0.39, 0.29) is 31.4 Å². The molecule has 35 heavy (non-hydrogen) atoms. The van der Waals surface area contributed by atoms with E-state index in [0.717, 1.165) is 16.5 Å². The van der Waals surface area contributed by atoms with Crippen LogP contribution in [0.5, 0.6) is 0 Å². The highest BCUT2D eigenvalue weighted by Gasteiger charge is 2.59. The van der Waals surface area contributed by atoms with Crippen molar-refractivity contribution in [3.63, 3.8) is 0 Å². The smallest absolute Gasteiger partial charge is 0.409 e. The highest BCUT2D eigenvalue weighted by Crippen LogP contribution is 2.48. The van der Waals surface area contributed by atoms with E-state index >= 15 is 0 Å². The zero-order valence-corrected chi connectivity index (χ0v) is 18.7. The molecule has 5 heterocycles. The van der Waals surface area contributed by atoms with Gasteiger partial charge in [-0.3, -0.25) is 14.8 Å². The Morgan fingerprint density at radius 3 is 2.69 bits per heavy atom. The van der Waals surface area contributed by atoms with Crippen molar-refractivity contribution < 1.29 is 18.7 Å². The molecule has 0 N–H and O–H groups in total. The normalized spacial score (nSPS) is 15.9. The van der Waals surface area contributed by atoms with Gasteiger partial charge in [0, 0.05) is 54.4 Å². The summed E-state index contributed by atoms with van der Waals surface area (Å²) in [4.78, 5) is 46.1. The van der Waals surface area contributed by atoms with E-state index < -0.39 is 11.5 Å². The van der Waals surface area contributed by atoms with E-state index in [2.05, 4.69) is 19.9 Å². The predicted molar refractivity (Wildman–Crippen MR) is 124 cm³/mol. The Morgan fingerprint density at radius 2 is 1.91 bits per heavy atom. The number of carbonyl (C=O) groups is 2. The van der Waals surface area contributed by atoms with E-state index in [9.17, 15) is 14.0 Å². The summed E-state index contributed by atoms with van der Waals surface area (Å²) in [6, 6.07) is 6.33. The molecule has 1 fully saturated rings. The average Bonchev–Trinajstić information content (AvgIpc) is 3.11. The minimum Gasteiger partial charge on any atom is -0.453 e. The van der Waals surface area contributed by atoms with Gasteiger partial charge in [0.2, 0.25) is 5.91 Å². The maximum Gasteiger partial charge on any atom is 0.409 e. The molecular formula is C25H19FN6O3. The minimum absolute atomic E-state index is 0.128. The topological polar surface area (TPSA) is 101 Å². The minimum atomic E-state index is -0.845. The van der Waals surface area contributed by atoms with Gasteiger partial charge >= 0.3 is 6.09 Å². The third-order valence-electron chi connectivity index (χ3n) is 6.70. The number of nitrogens with zero attached hydrogens (tertiary/aromatic N) is 6. The SMILES string of the molecule is COC(=O)N1CC2(C1)C(=O)N(Cc1ncc3cc(F)ccc3c1-c1cncnc1)c1cnccc12. The van der Waals surface area contributed by atoms with Gasteiger partial charge in [0.05, 0.1) is 31.2 Å². The van der Waals surface area contributed by atoms with Gasteiger partial charge in [0.25, 0.3) is 0 Å². The molecule has 0 unspecified atom stereocenters. The van der Waals surface area contributed by atoms with Gasteiger partial charge in [-0.15, -0.1) is 0 Å². The van der Waals surface area contributed by atoms with Crippen LogP contribution in [0, 0.1) is 5.82 Å². The Balaban J connectivity index is 1.44. The molecule has 2 amide bonds. The quantitative estimate of drug-likeness (QED) is 0.453. The van der Waals surface area contributed by atoms with Crippen molar-refractivity contribution in [2.24, 2.45) is 0 Å². The maximum atomic E-state index is 13.9. The first-order chi connectivity index (χ1) is 17.0. The van der Waals surface area contributed by atoms with Crippen molar-refractivity contribution in [2.75, 3.05) is 25.1 Å². The maximum absolute atomic E-state index is 13.9. The van der Waals surface area contributed by atoms with E-state index in [0.29, 0.717) is 22.3 Å². The van der Waals surface area contributed by atoms with Crippen LogP contribution in [0.2, 0.25) is 0 Å². The number of likely N-dealkylation sites (tertiary alicyclic amines) is 1. The lowest BCUT2D eigenvalue weighted by molar-refractivity contribution is -0.128. The number of aromatic nitrogens is 4. The summed E-state index contributed by atoms with van der Waals surface area (Å²) in [5.41, 5.74) is 2.71. The Hall–Kier alpha value is -4.47. The number of carbonyl (C=O) groups excluding carboxylic acids is 2. The lowest BCUT2D eigenvalue weighted by atomic mass is 9.75. The van der Waals surface area contributed by atoms with Gasteiger partial charge in [-0.25, -0.2) is 19.2 Å². The molecule has 4 aromatic rings. The molecule has 9 nitrogen and oxygen atoms in total. The first-order valence-electron chi connectivity index (χ1n) is 10.9. The number of rotatable bonds is 3. The van der Waals surface area contributed by atoms with Gasteiger partial charge < -0.3 is 14.5 Å². The van der Waals surface area contributed by atoms with Crippen molar-refractivity contribution in [2.45, 2.75) is 12.0 Å². The summed E-state index contributed by atoms with van der Waals surface area (Å²) >= 11 is 0. The van der Waals surface area contributed by atoms with Crippen LogP contribution in [-0.4, -0.2) is 57.0 Å². The number of hydrogen-bond donors (Lipinski definition) is 0. The zero-order chi connectivity index (χ0) is 24.2. The Labute approximate surface area is 199 Å². The van der Waals surface area contributed by atoms with Gasteiger partial charge in [-0.1, -0.05) is 6.07 Å². The van der Waals surface area contributed by atoms with E-state index in [4.69, 9.17) is 4.74 Å². The van der Waals surface area contributed by atoms with Crippen molar-refractivity contribution in [1.29, 1.82) is 0 Å². The highest BCUT2D eigenvalue weighted by molar-refractivity contribution is 6.10. The predicted octanol–water partition coefficient (Wildman–Crippen LogP) is 3.09. The molecule has 6 rings (SSSR count). The average molecular weight is 470 g/mol. The van der Waals surface area contributed by atoms with Crippen LogP contribution in [0.25, 0.3) is 21.9 Å². The monoisotopic (exact) mass is 470 g/mol. The van der Waals surface area contributed by atoms with Gasteiger partial charge in [0.15, 0.2) is 0 Å². The molecule has 0 saturated carbocycles. The number of amides is 2. The fourth-order valence-corrected chi connectivity index (χ4v) is 5.07. The molecule has 1 saturated heterocycles. The lowest BCUT2D eigenvalue weighted by Gasteiger charge is -2.45. The summed E-state index contributed by atoms with van der Waals surface area (Å²) in [7, 11) is 1.32. The summed E-state index contributed by atoms with van der Waals surface area (Å²) in [6.45, 7) is 0.626. The Kier molecular flexibility index (Phi) is 4.70. The van der Waals surface area contributed by atoms with Gasteiger partial charge in [-0.2, -0.15) is 0 Å². The molecule has 1 spiro atoms. The summed E-state index contributed by atoms with van der Waals surface area (Å²) < 4.78 is 18.7. The number of ether oxygens (including phenoxy) is 1. The molecule has 2 aliphatic rings. The van der Waals surface area contributed by atoms with Crippen molar-refractivity contribution in [3.8, 4) is 11.1 Å². The lowest BCUT2D eigenvalue weighted by Crippen LogP contribution is -2.65. The van der Waals surface area contributed by atoms with Crippen LogP contribution in [-0.2, 0) is 21.5 Å². The second-order valence-electron chi connectivity index (χ2n) is 8.63. The fourth-order valence-electron chi connectivity index (χ4n) is 5.07. The number of anilines is 1. The molecule has 0 atom stereocenters. The van der Waals surface area contributed by atoms with E-state index in [1.807, 2.05) is 6.07 Å². The third-order valence-corrected chi connectivity index (χ3v) is 6.70. The molecule has 0 aliphatic carbocycles. The van der Waals surface area contributed by atoms with Gasteiger partial charge in [-0.05, 0) is 29.1 Å². The number of pyridine rings is 2. The molecule has 2 aliphatic heterocycles. The number of halogens is 1. The Bertz CT molecular complexity index is 1490.